The smallest absolute Gasteiger partial charge is 0.219 e. The third-order valence-electron chi connectivity index (χ3n) is 5.91. The Kier molecular flexibility index (Phi) is 4.53. The van der Waals surface area contributed by atoms with E-state index < -0.39 is 0 Å². The van der Waals surface area contributed by atoms with Gasteiger partial charge in [-0.25, -0.2) is 4.39 Å². The van der Waals surface area contributed by atoms with Gasteiger partial charge in [0.1, 0.15) is 5.82 Å². The first kappa shape index (κ1) is 17.2. The molecule has 4 heteroatoms. The van der Waals surface area contributed by atoms with Crippen molar-refractivity contribution in [1.82, 2.24) is 9.80 Å². The minimum atomic E-state index is -0.145. The lowest BCUT2D eigenvalue weighted by Gasteiger charge is -2.29. The third kappa shape index (κ3) is 3.14. The number of rotatable bonds is 3. The first-order valence-corrected chi connectivity index (χ1v) is 9.32. The van der Waals surface area contributed by atoms with Crippen LogP contribution in [0.3, 0.4) is 0 Å². The number of benzene rings is 2. The van der Waals surface area contributed by atoms with Gasteiger partial charge < -0.3 is 4.90 Å². The molecule has 2 heterocycles. The Bertz CT molecular complexity index is 807. The van der Waals surface area contributed by atoms with Crippen LogP contribution in [0.4, 0.5) is 4.39 Å². The van der Waals surface area contributed by atoms with Crippen LogP contribution in [-0.2, 0) is 11.3 Å². The van der Waals surface area contributed by atoms with Gasteiger partial charge >= 0.3 is 0 Å². The van der Waals surface area contributed by atoms with Crippen LogP contribution >= 0.6 is 0 Å². The highest BCUT2D eigenvalue weighted by molar-refractivity contribution is 5.74. The Labute approximate surface area is 154 Å². The van der Waals surface area contributed by atoms with E-state index in [1.54, 1.807) is 13.0 Å². The summed E-state index contributed by atoms with van der Waals surface area (Å²) in [7, 11) is 0. The molecular formula is C22H25FN2O. The molecule has 2 fully saturated rings. The first-order valence-electron chi connectivity index (χ1n) is 9.32. The van der Waals surface area contributed by atoms with Crippen molar-refractivity contribution in [3.8, 4) is 0 Å². The van der Waals surface area contributed by atoms with Gasteiger partial charge in [-0.1, -0.05) is 42.5 Å². The molecule has 0 aromatic heterocycles. The van der Waals surface area contributed by atoms with Gasteiger partial charge in [-0.2, -0.15) is 0 Å². The highest BCUT2D eigenvalue weighted by Crippen LogP contribution is 2.45. The van der Waals surface area contributed by atoms with Crippen molar-refractivity contribution in [2.45, 2.75) is 26.4 Å². The fourth-order valence-corrected chi connectivity index (χ4v) is 4.73. The van der Waals surface area contributed by atoms with Crippen LogP contribution in [0.2, 0.25) is 0 Å². The normalized spacial score (nSPS) is 25.5. The van der Waals surface area contributed by atoms with Gasteiger partial charge in [0.25, 0.3) is 0 Å². The molecule has 0 N–H and O–H groups in total. The second kappa shape index (κ2) is 6.84. The van der Waals surface area contributed by atoms with Crippen LogP contribution in [0.5, 0.6) is 0 Å². The van der Waals surface area contributed by atoms with E-state index in [0.29, 0.717) is 17.4 Å². The highest BCUT2D eigenvalue weighted by Gasteiger charge is 2.48. The first-order chi connectivity index (χ1) is 12.5. The van der Waals surface area contributed by atoms with Crippen molar-refractivity contribution in [2.24, 2.45) is 11.8 Å². The molecule has 4 rings (SSSR count). The zero-order chi connectivity index (χ0) is 18.3. The molecule has 2 aliphatic rings. The van der Waals surface area contributed by atoms with Crippen LogP contribution in [0, 0.1) is 24.6 Å². The molecule has 136 valence electrons. The molecule has 0 radical (unpaired) electrons. The second-order valence-corrected chi connectivity index (χ2v) is 7.73. The Morgan fingerprint density at radius 3 is 2.58 bits per heavy atom. The predicted molar refractivity (Wildman–Crippen MR) is 100.0 cm³/mol. The molecule has 2 aliphatic heterocycles. The predicted octanol–water partition coefficient (Wildman–Crippen LogP) is 3.79. The molecule has 3 atom stereocenters. The van der Waals surface area contributed by atoms with E-state index in [9.17, 15) is 9.18 Å². The summed E-state index contributed by atoms with van der Waals surface area (Å²) in [5, 5.41) is 0. The average Bonchev–Trinajstić information content (AvgIpc) is 3.16. The zero-order valence-corrected chi connectivity index (χ0v) is 15.4. The fourth-order valence-electron chi connectivity index (χ4n) is 4.73. The van der Waals surface area contributed by atoms with Crippen LogP contribution in [-0.4, -0.2) is 35.3 Å². The van der Waals surface area contributed by atoms with Gasteiger partial charge in [0.2, 0.25) is 5.91 Å². The lowest BCUT2D eigenvalue weighted by atomic mass is 9.89. The molecule has 0 unspecified atom stereocenters. The lowest BCUT2D eigenvalue weighted by Crippen LogP contribution is -2.34. The number of fused-ring (bicyclic) bond motifs is 1. The number of halogens is 1. The molecule has 0 spiro atoms. The Morgan fingerprint density at radius 2 is 1.88 bits per heavy atom. The molecule has 0 bridgehead atoms. The summed E-state index contributed by atoms with van der Waals surface area (Å²) >= 11 is 0. The number of nitrogens with zero attached hydrogens (tertiary/aromatic N) is 2. The molecule has 1 amide bonds. The van der Waals surface area contributed by atoms with Gasteiger partial charge in [-0.3, -0.25) is 9.69 Å². The number of amides is 1. The average molecular weight is 352 g/mol. The molecule has 26 heavy (non-hydrogen) atoms. The van der Waals surface area contributed by atoms with E-state index in [1.807, 2.05) is 30.0 Å². The number of carbonyl (C=O) groups is 1. The number of hydrogen-bond acceptors (Lipinski definition) is 2. The molecule has 2 aromatic carbocycles. The van der Waals surface area contributed by atoms with E-state index in [2.05, 4.69) is 29.2 Å². The maximum absolute atomic E-state index is 13.5. The van der Waals surface area contributed by atoms with Gasteiger partial charge in [-0.05, 0) is 35.6 Å². The number of aryl methyl sites for hydroxylation is 1. The third-order valence-corrected chi connectivity index (χ3v) is 5.91. The van der Waals surface area contributed by atoms with E-state index >= 15 is 0 Å². The van der Waals surface area contributed by atoms with Crippen molar-refractivity contribution in [3.63, 3.8) is 0 Å². The lowest BCUT2D eigenvalue weighted by molar-refractivity contribution is -0.130. The SMILES string of the molecule is CC(=O)N1C[C@H]2CN(Cc3ccc(F)c(C)c3)C[C@H]2[C@@H]1c1ccccc1. The summed E-state index contributed by atoms with van der Waals surface area (Å²) in [4.78, 5) is 16.7. The van der Waals surface area contributed by atoms with Crippen LogP contribution in [0.25, 0.3) is 0 Å². The molecule has 2 aromatic rings. The Balaban J connectivity index is 1.53. The van der Waals surface area contributed by atoms with E-state index in [1.165, 1.54) is 5.56 Å². The van der Waals surface area contributed by atoms with Gasteiger partial charge in [-0.15, -0.1) is 0 Å². The molecule has 3 nitrogen and oxygen atoms in total. The van der Waals surface area contributed by atoms with Crippen LogP contribution < -0.4 is 0 Å². The molecule has 2 saturated heterocycles. The maximum atomic E-state index is 13.5. The summed E-state index contributed by atoms with van der Waals surface area (Å²) in [5.41, 5.74) is 3.09. The van der Waals surface area contributed by atoms with Crippen molar-refractivity contribution in [3.05, 3.63) is 71.0 Å². The van der Waals surface area contributed by atoms with Crippen molar-refractivity contribution in [2.75, 3.05) is 19.6 Å². The maximum Gasteiger partial charge on any atom is 0.219 e. The topological polar surface area (TPSA) is 23.6 Å². The molecule has 0 saturated carbocycles. The standard InChI is InChI=1S/C22H25FN2O/c1-15-10-17(8-9-21(15)23)11-24-12-19-13-25(16(2)26)22(20(19)14-24)18-6-4-3-5-7-18/h3-10,19-20,22H,11-14H2,1-2H3/t19-,20-,22+/m1/s1. The van der Waals surface area contributed by atoms with Gasteiger partial charge in [0, 0.05) is 39.0 Å². The summed E-state index contributed by atoms with van der Waals surface area (Å²) in [6.45, 7) is 7.14. The number of carbonyl (C=O) groups excluding carboxylic acids is 1. The van der Waals surface area contributed by atoms with Crippen LogP contribution in [0.1, 0.15) is 29.7 Å². The van der Waals surface area contributed by atoms with E-state index in [0.717, 1.165) is 31.7 Å². The van der Waals surface area contributed by atoms with E-state index in [-0.39, 0.29) is 17.8 Å². The van der Waals surface area contributed by atoms with Crippen molar-refractivity contribution in [1.29, 1.82) is 0 Å². The van der Waals surface area contributed by atoms with E-state index in [4.69, 9.17) is 0 Å². The summed E-state index contributed by atoms with van der Waals surface area (Å²) in [5.74, 6) is 0.982. The zero-order valence-electron chi connectivity index (χ0n) is 15.4. The fraction of sp³-hybridized carbons (Fsp3) is 0.409. The molecule has 0 aliphatic carbocycles. The number of hydrogen-bond donors (Lipinski definition) is 0. The van der Waals surface area contributed by atoms with Crippen molar-refractivity contribution < 1.29 is 9.18 Å². The van der Waals surface area contributed by atoms with Crippen LogP contribution in [0.15, 0.2) is 48.5 Å². The van der Waals surface area contributed by atoms with Crippen molar-refractivity contribution >= 4 is 5.91 Å². The minimum absolute atomic E-state index is 0.145. The van der Waals surface area contributed by atoms with Gasteiger partial charge in [0.15, 0.2) is 0 Å². The number of likely N-dealkylation sites (tertiary alicyclic amines) is 2. The second-order valence-electron chi connectivity index (χ2n) is 7.73. The Morgan fingerprint density at radius 1 is 1.12 bits per heavy atom. The monoisotopic (exact) mass is 352 g/mol. The summed E-state index contributed by atoms with van der Waals surface area (Å²) < 4.78 is 13.5. The minimum Gasteiger partial charge on any atom is -0.335 e. The Hall–Kier alpha value is -2.20. The quantitative estimate of drug-likeness (QED) is 0.839. The summed E-state index contributed by atoms with van der Waals surface area (Å²) in [6.07, 6.45) is 0. The highest BCUT2D eigenvalue weighted by atomic mass is 19.1. The largest absolute Gasteiger partial charge is 0.335 e. The molecular weight excluding hydrogens is 327 g/mol. The summed E-state index contributed by atoms with van der Waals surface area (Å²) in [6, 6.07) is 15.9. The van der Waals surface area contributed by atoms with Gasteiger partial charge in [0.05, 0.1) is 6.04 Å².